The largest absolute Gasteiger partial charge is 0.296 e. The zero-order chi connectivity index (χ0) is 18.6. The van der Waals surface area contributed by atoms with Crippen molar-refractivity contribution in [2.45, 2.75) is 11.4 Å². The number of hydrazine groups is 1. The number of carbonyl (C=O) groups excluding carboxylic acids is 1. The lowest BCUT2D eigenvalue weighted by Crippen LogP contribution is -2.48. The zero-order valence-corrected chi connectivity index (χ0v) is 15.2. The number of nitrogen functional groups attached to an aromatic ring is 1. The maximum absolute atomic E-state index is 12.9. The van der Waals surface area contributed by atoms with Gasteiger partial charge in [0, 0.05) is 38.3 Å². The third-order valence-electron chi connectivity index (χ3n) is 4.45. The number of nitrogens with zero attached hydrogens (tertiary/aromatic N) is 2. The van der Waals surface area contributed by atoms with Gasteiger partial charge in [-0.3, -0.25) is 15.1 Å². The summed E-state index contributed by atoms with van der Waals surface area (Å²) in [6.45, 7) is 2.97. The van der Waals surface area contributed by atoms with Crippen molar-refractivity contribution in [2.24, 2.45) is 5.84 Å². The minimum Gasteiger partial charge on any atom is -0.296 e. The van der Waals surface area contributed by atoms with E-state index in [-0.39, 0.29) is 10.5 Å². The molecule has 0 saturated carbocycles. The zero-order valence-electron chi connectivity index (χ0n) is 14.3. The Morgan fingerprint density at radius 1 is 1.00 bits per heavy atom. The van der Waals surface area contributed by atoms with E-state index in [0.717, 1.165) is 6.54 Å². The number of nitrogens with one attached hydrogen (secondary N) is 1. The Balaban J connectivity index is 1.67. The Kier molecular flexibility index (Phi) is 5.67. The Hall–Kier alpha value is -2.26. The van der Waals surface area contributed by atoms with Gasteiger partial charge in [-0.2, -0.15) is 4.31 Å². The molecule has 26 heavy (non-hydrogen) atoms. The lowest BCUT2D eigenvalue weighted by Gasteiger charge is -2.34. The summed E-state index contributed by atoms with van der Waals surface area (Å²) < 4.78 is 27.2. The van der Waals surface area contributed by atoms with Crippen molar-refractivity contribution in [3.8, 4) is 0 Å². The first kappa shape index (κ1) is 18.5. The third kappa shape index (κ3) is 4.10. The van der Waals surface area contributed by atoms with Crippen LogP contribution in [0.1, 0.15) is 15.9 Å². The topological polar surface area (TPSA) is 95.7 Å². The number of hydrogen-bond donors (Lipinski definition) is 2. The average Bonchev–Trinajstić information content (AvgIpc) is 2.68. The fourth-order valence-corrected chi connectivity index (χ4v) is 4.47. The molecule has 3 rings (SSSR count). The van der Waals surface area contributed by atoms with E-state index < -0.39 is 15.9 Å². The summed E-state index contributed by atoms with van der Waals surface area (Å²) in [5.74, 6) is 4.60. The van der Waals surface area contributed by atoms with Crippen LogP contribution in [0.25, 0.3) is 0 Å². The van der Waals surface area contributed by atoms with E-state index in [9.17, 15) is 13.2 Å². The standard InChI is InChI=1S/C18H22N4O3S/c19-20-18(23)16-7-4-8-17(13-16)26(24,25)22-11-9-21(10-12-22)14-15-5-2-1-3-6-15/h1-8,13H,9-12,14,19H2,(H,20,23). The van der Waals surface area contributed by atoms with Crippen molar-refractivity contribution < 1.29 is 13.2 Å². The molecule has 7 nitrogen and oxygen atoms in total. The van der Waals surface area contributed by atoms with Gasteiger partial charge in [-0.15, -0.1) is 0 Å². The molecule has 0 unspecified atom stereocenters. The minimum absolute atomic E-state index is 0.107. The highest BCUT2D eigenvalue weighted by atomic mass is 32.2. The number of sulfonamides is 1. The molecule has 1 aliphatic rings. The lowest BCUT2D eigenvalue weighted by atomic mass is 10.2. The van der Waals surface area contributed by atoms with E-state index in [0.29, 0.717) is 26.2 Å². The van der Waals surface area contributed by atoms with Crippen LogP contribution in [0.4, 0.5) is 0 Å². The second kappa shape index (κ2) is 7.96. The van der Waals surface area contributed by atoms with Gasteiger partial charge in [0.25, 0.3) is 5.91 Å². The molecule has 2 aromatic carbocycles. The number of amides is 1. The van der Waals surface area contributed by atoms with Crippen molar-refractivity contribution in [1.29, 1.82) is 0 Å². The Morgan fingerprint density at radius 2 is 1.69 bits per heavy atom. The van der Waals surface area contributed by atoms with Gasteiger partial charge in [-0.05, 0) is 23.8 Å². The van der Waals surface area contributed by atoms with E-state index in [2.05, 4.69) is 17.0 Å². The van der Waals surface area contributed by atoms with E-state index in [1.54, 1.807) is 6.07 Å². The van der Waals surface area contributed by atoms with Crippen LogP contribution in [0.2, 0.25) is 0 Å². The predicted molar refractivity (Wildman–Crippen MR) is 98.6 cm³/mol. The van der Waals surface area contributed by atoms with E-state index in [4.69, 9.17) is 5.84 Å². The predicted octanol–water partition coefficient (Wildman–Crippen LogP) is 0.797. The number of piperazine rings is 1. The highest BCUT2D eigenvalue weighted by Crippen LogP contribution is 2.19. The summed E-state index contributed by atoms with van der Waals surface area (Å²) in [7, 11) is -3.64. The van der Waals surface area contributed by atoms with Crippen LogP contribution < -0.4 is 11.3 Å². The molecular formula is C18H22N4O3S. The van der Waals surface area contributed by atoms with Crippen molar-refractivity contribution in [1.82, 2.24) is 14.6 Å². The van der Waals surface area contributed by atoms with Crippen LogP contribution in [0.3, 0.4) is 0 Å². The molecule has 0 spiro atoms. The van der Waals surface area contributed by atoms with Crippen molar-refractivity contribution >= 4 is 15.9 Å². The normalized spacial score (nSPS) is 16.3. The molecule has 0 aromatic heterocycles. The fourth-order valence-electron chi connectivity index (χ4n) is 3.00. The maximum Gasteiger partial charge on any atom is 0.265 e. The summed E-state index contributed by atoms with van der Waals surface area (Å²) in [6.07, 6.45) is 0. The molecule has 138 valence electrons. The molecule has 0 bridgehead atoms. The quantitative estimate of drug-likeness (QED) is 0.458. The van der Waals surface area contributed by atoms with Crippen LogP contribution >= 0.6 is 0 Å². The highest BCUT2D eigenvalue weighted by molar-refractivity contribution is 7.89. The van der Waals surface area contributed by atoms with Crippen LogP contribution in [0.5, 0.6) is 0 Å². The third-order valence-corrected chi connectivity index (χ3v) is 6.34. The number of hydrogen-bond acceptors (Lipinski definition) is 5. The molecule has 0 atom stereocenters. The smallest absolute Gasteiger partial charge is 0.265 e. The summed E-state index contributed by atoms with van der Waals surface area (Å²) in [5, 5.41) is 0. The number of nitrogens with two attached hydrogens (primary N) is 1. The molecule has 1 fully saturated rings. The van der Waals surface area contributed by atoms with Gasteiger partial charge in [0.15, 0.2) is 0 Å². The van der Waals surface area contributed by atoms with E-state index in [1.807, 2.05) is 23.6 Å². The molecule has 1 aliphatic heterocycles. The van der Waals surface area contributed by atoms with E-state index in [1.165, 1.54) is 28.1 Å². The summed E-state index contributed by atoms with van der Waals surface area (Å²) in [6, 6.07) is 16.0. The molecule has 1 amide bonds. The van der Waals surface area contributed by atoms with Gasteiger partial charge >= 0.3 is 0 Å². The molecule has 8 heteroatoms. The van der Waals surface area contributed by atoms with Gasteiger partial charge in [0.1, 0.15) is 0 Å². The molecule has 0 radical (unpaired) electrons. The van der Waals surface area contributed by atoms with E-state index >= 15 is 0 Å². The second-order valence-electron chi connectivity index (χ2n) is 6.17. The van der Waals surface area contributed by atoms with Gasteiger partial charge in [-0.1, -0.05) is 36.4 Å². The SMILES string of the molecule is NNC(=O)c1cccc(S(=O)(=O)N2CCN(Cc3ccccc3)CC2)c1. The Bertz CT molecular complexity index is 863. The molecule has 3 N–H and O–H groups in total. The number of rotatable bonds is 5. The monoisotopic (exact) mass is 374 g/mol. The fraction of sp³-hybridized carbons (Fsp3) is 0.278. The van der Waals surface area contributed by atoms with Crippen LogP contribution in [-0.2, 0) is 16.6 Å². The number of benzene rings is 2. The van der Waals surface area contributed by atoms with Crippen LogP contribution in [0.15, 0.2) is 59.5 Å². The van der Waals surface area contributed by atoms with Gasteiger partial charge in [-0.25, -0.2) is 14.3 Å². The van der Waals surface area contributed by atoms with Crippen molar-refractivity contribution in [3.63, 3.8) is 0 Å². The number of carbonyl (C=O) groups is 1. The first-order valence-corrected chi connectivity index (χ1v) is 9.82. The molecular weight excluding hydrogens is 352 g/mol. The second-order valence-corrected chi connectivity index (χ2v) is 8.11. The van der Waals surface area contributed by atoms with Gasteiger partial charge in [0.2, 0.25) is 10.0 Å². The Morgan fingerprint density at radius 3 is 2.35 bits per heavy atom. The molecule has 0 aliphatic carbocycles. The highest BCUT2D eigenvalue weighted by Gasteiger charge is 2.28. The van der Waals surface area contributed by atoms with Crippen molar-refractivity contribution in [2.75, 3.05) is 26.2 Å². The maximum atomic E-state index is 12.9. The van der Waals surface area contributed by atoms with Gasteiger partial charge in [0.05, 0.1) is 4.90 Å². The van der Waals surface area contributed by atoms with Gasteiger partial charge < -0.3 is 0 Å². The molecule has 2 aromatic rings. The first-order valence-electron chi connectivity index (χ1n) is 8.38. The van der Waals surface area contributed by atoms with Crippen LogP contribution in [-0.4, -0.2) is 49.7 Å². The summed E-state index contributed by atoms with van der Waals surface area (Å²) in [5.41, 5.74) is 3.45. The van der Waals surface area contributed by atoms with Crippen molar-refractivity contribution in [3.05, 3.63) is 65.7 Å². The average molecular weight is 374 g/mol. The molecule has 1 saturated heterocycles. The van der Waals surface area contributed by atoms with Crippen LogP contribution in [0, 0.1) is 0 Å². The summed E-state index contributed by atoms with van der Waals surface area (Å²) >= 11 is 0. The summed E-state index contributed by atoms with van der Waals surface area (Å²) in [4.78, 5) is 14.0. The minimum atomic E-state index is -3.64. The molecule has 1 heterocycles. The Labute approximate surface area is 153 Å². The lowest BCUT2D eigenvalue weighted by molar-refractivity contribution is 0.0953. The first-order chi connectivity index (χ1) is 12.5.